The fourth-order valence-electron chi connectivity index (χ4n) is 2.69. The fraction of sp³-hybridized carbons (Fsp3) is 0.250. The quantitative estimate of drug-likeness (QED) is 0.466. The van der Waals surface area contributed by atoms with Gasteiger partial charge >= 0.3 is 0 Å². The standard InChI is InChI=1S/C20H23BrN6O/c1-22-20(26(2)13-19-24-14-25-27(19)3)23-12-15-9-10-16(21)11-18(15)28-17-7-5-4-6-8-17/h4-11,14H,12-13H2,1-3H3,(H,22,23). The van der Waals surface area contributed by atoms with Gasteiger partial charge in [0.15, 0.2) is 5.96 Å². The first-order valence-corrected chi connectivity index (χ1v) is 9.62. The van der Waals surface area contributed by atoms with Crippen LogP contribution in [0.25, 0.3) is 0 Å². The van der Waals surface area contributed by atoms with Crippen molar-refractivity contribution in [2.24, 2.45) is 12.0 Å². The molecular weight excluding hydrogens is 420 g/mol. The van der Waals surface area contributed by atoms with Gasteiger partial charge in [-0.2, -0.15) is 5.10 Å². The molecule has 146 valence electrons. The third-order valence-electron chi connectivity index (χ3n) is 4.19. The molecule has 8 heteroatoms. The van der Waals surface area contributed by atoms with Crippen LogP contribution >= 0.6 is 15.9 Å². The average Bonchev–Trinajstić information content (AvgIpc) is 3.09. The average molecular weight is 443 g/mol. The van der Waals surface area contributed by atoms with Crippen LogP contribution in [0.3, 0.4) is 0 Å². The molecule has 3 aromatic rings. The van der Waals surface area contributed by atoms with Crippen molar-refractivity contribution in [1.82, 2.24) is 25.0 Å². The molecule has 0 fully saturated rings. The summed E-state index contributed by atoms with van der Waals surface area (Å²) in [5.41, 5.74) is 1.03. The van der Waals surface area contributed by atoms with Crippen LogP contribution in [0.1, 0.15) is 11.4 Å². The summed E-state index contributed by atoms with van der Waals surface area (Å²) in [6, 6.07) is 15.7. The highest BCUT2D eigenvalue weighted by Crippen LogP contribution is 2.28. The van der Waals surface area contributed by atoms with Crippen molar-refractivity contribution in [1.29, 1.82) is 0 Å². The molecular formula is C20H23BrN6O. The van der Waals surface area contributed by atoms with E-state index >= 15 is 0 Å². The summed E-state index contributed by atoms with van der Waals surface area (Å²) < 4.78 is 8.79. The molecule has 0 amide bonds. The van der Waals surface area contributed by atoms with Crippen molar-refractivity contribution in [2.45, 2.75) is 13.1 Å². The summed E-state index contributed by atoms with van der Waals surface area (Å²) in [5, 5.41) is 7.49. The van der Waals surface area contributed by atoms with Crippen molar-refractivity contribution in [3.05, 3.63) is 70.7 Å². The van der Waals surface area contributed by atoms with Crippen LogP contribution in [0.5, 0.6) is 11.5 Å². The van der Waals surface area contributed by atoms with E-state index in [1.54, 1.807) is 18.1 Å². The van der Waals surface area contributed by atoms with Gasteiger partial charge in [0.25, 0.3) is 0 Å². The second-order valence-electron chi connectivity index (χ2n) is 6.22. The van der Waals surface area contributed by atoms with Gasteiger partial charge in [0, 0.05) is 37.7 Å². The maximum absolute atomic E-state index is 6.07. The van der Waals surface area contributed by atoms with Gasteiger partial charge in [0.2, 0.25) is 0 Å². The monoisotopic (exact) mass is 442 g/mol. The lowest BCUT2D eigenvalue weighted by Gasteiger charge is -2.22. The topological polar surface area (TPSA) is 67.6 Å². The van der Waals surface area contributed by atoms with Crippen LogP contribution in [-0.2, 0) is 20.1 Å². The Hall–Kier alpha value is -2.87. The molecule has 0 radical (unpaired) electrons. The highest BCUT2D eigenvalue weighted by atomic mass is 79.9. The first-order chi connectivity index (χ1) is 13.6. The van der Waals surface area contributed by atoms with Gasteiger partial charge in [-0.25, -0.2) is 4.98 Å². The second kappa shape index (κ2) is 9.36. The molecule has 3 rings (SSSR count). The van der Waals surface area contributed by atoms with Crippen LogP contribution in [0.15, 0.2) is 64.3 Å². The molecule has 0 spiro atoms. The number of para-hydroxylation sites is 1. The molecule has 0 bridgehead atoms. The molecule has 1 N–H and O–H groups in total. The Morgan fingerprint density at radius 2 is 2.04 bits per heavy atom. The minimum absolute atomic E-state index is 0.575. The van der Waals surface area contributed by atoms with E-state index in [4.69, 9.17) is 4.74 Å². The van der Waals surface area contributed by atoms with E-state index < -0.39 is 0 Å². The lowest BCUT2D eigenvalue weighted by Crippen LogP contribution is -2.38. The van der Waals surface area contributed by atoms with Gasteiger partial charge in [-0.1, -0.05) is 40.2 Å². The summed E-state index contributed by atoms with van der Waals surface area (Å²) in [4.78, 5) is 10.6. The molecule has 0 atom stereocenters. The van der Waals surface area contributed by atoms with Crippen molar-refractivity contribution < 1.29 is 4.74 Å². The summed E-state index contributed by atoms with van der Waals surface area (Å²) >= 11 is 3.52. The molecule has 0 saturated carbocycles. The number of aromatic nitrogens is 3. The molecule has 28 heavy (non-hydrogen) atoms. The van der Waals surface area contributed by atoms with Gasteiger partial charge in [0.1, 0.15) is 23.7 Å². The smallest absolute Gasteiger partial charge is 0.194 e. The number of aryl methyl sites for hydroxylation is 1. The first kappa shape index (κ1) is 19.9. The van der Waals surface area contributed by atoms with Gasteiger partial charge in [-0.05, 0) is 24.3 Å². The number of aliphatic imine (C=N–C) groups is 1. The second-order valence-corrected chi connectivity index (χ2v) is 7.14. The number of ether oxygens (including phenoxy) is 1. The molecule has 1 aromatic heterocycles. The lowest BCUT2D eigenvalue weighted by molar-refractivity contribution is 0.445. The molecule has 2 aromatic carbocycles. The van der Waals surface area contributed by atoms with Crippen molar-refractivity contribution in [2.75, 3.05) is 14.1 Å². The van der Waals surface area contributed by atoms with Gasteiger partial charge in [-0.15, -0.1) is 0 Å². The Morgan fingerprint density at radius 3 is 2.71 bits per heavy atom. The van der Waals surface area contributed by atoms with E-state index in [0.717, 1.165) is 33.3 Å². The Kier molecular flexibility index (Phi) is 6.65. The van der Waals surface area contributed by atoms with Crippen LogP contribution in [0.2, 0.25) is 0 Å². The molecule has 0 aliphatic rings. The Bertz CT molecular complexity index is 941. The SMILES string of the molecule is CN=C(NCc1ccc(Br)cc1Oc1ccccc1)N(C)Cc1ncnn1C. The maximum Gasteiger partial charge on any atom is 0.194 e. The van der Waals surface area contributed by atoms with Crippen LogP contribution in [0, 0.1) is 0 Å². The summed E-state index contributed by atoms with van der Waals surface area (Å²) in [6.45, 7) is 1.18. The number of hydrogen-bond donors (Lipinski definition) is 1. The third kappa shape index (κ3) is 5.10. The zero-order valence-corrected chi connectivity index (χ0v) is 17.7. The van der Waals surface area contributed by atoms with E-state index in [1.165, 1.54) is 0 Å². The van der Waals surface area contributed by atoms with Crippen molar-refractivity contribution >= 4 is 21.9 Å². The number of nitrogens with zero attached hydrogens (tertiary/aromatic N) is 5. The number of benzene rings is 2. The summed E-state index contributed by atoms with van der Waals surface area (Å²) in [5.74, 6) is 3.21. The fourth-order valence-corrected chi connectivity index (χ4v) is 3.03. The zero-order valence-electron chi connectivity index (χ0n) is 16.1. The van der Waals surface area contributed by atoms with Gasteiger partial charge in [-0.3, -0.25) is 9.67 Å². The van der Waals surface area contributed by atoms with Crippen LogP contribution < -0.4 is 10.1 Å². The molecule has 0 aliphatic heterocycles. The van der Waals surface area contributed by atoms with Gasteiger partial charge in [0.05, 0.1) is 6.54 Å². The highest BCUT2D eigenvalue weighted by molar-refractivity contribution is 9.10. The molecule has 0 saturated heterocycles. The number of nitrogens with one attached hydrogen (secondary N) is 1. The van der Waals surface area contributed by atoms with E-state index in [2.05, 4.69) is 36.3 Å². The van der Waals surface area contributed by atoms with E-state index in [9.17, 15) is 0 Å². The lowest BCUT2D eigenvalue weighted by atomic mass is 10.2. The first-order valence-electron chi connectivity index (χ1n) is 8.83. The molecule has 0 aliphatic carbocycles. The largest absolute Gasteiger partial charge is 0.457 e. The van der Waals surface area contributed by atoms with Crippen molar-refractivity contribution in [3.8, 4) is 11.5 Å². The molecule has 0 unspecified atom stereocenters. The number of halogens is 1. The normalized spacial score (nSPS) is 11.4. The predicted octanol–water partition coefficient (Wildman–Crippen LogP) is 3.58. The Labute approximate surface area is 173 Å². The minimum Gasteiger partial charge on any atom is -0.457 e. The maximum atomic E-state index is 6.07. The van der Waals surface area contributed by atoms with Crippen LogP contribution in [0.4, 0.5) is 0 Å². The minimum atomic E-state index is 0.575. The summed E-state index contributed by atoms with van der Waals surface area (Å²) in [6.07, 6.45) is 1.55. The number of hydrogen-bond acceptors (Lipinski definition) is 4. The highest BCUT2D eigenvalue weighted by Gasteiger charge is 2.12. The van der Waals surface area contributed by atoms with E-state index in [1.807, 2.05) is 67.5 Å². The molecule has 7 nitrogen and oxygen atoms in total. The van der Waals surface area contributed by atoms with Crippen molar-refractivity contribution in [3.63, 3.8) is 0 Å². The Morgan fingerprint density at radius 1 is 1.25 bits per heavy atom. The van der Waals surface area contributed by atoms with E-state index in [0.29, 0.717) is 13.1 Å². The predicted molar refractivity (Wildman–Crippen MR) is 113 cm³/mol. The van der Waals surface area contributed by atoms with Gasteiger partial charge < -0.3 is 15.0 Å². The molecule has 1 heterocycles. The van der Waals surface area contributed by atoms with Crippen LogP contribution in [-0.4, -0.2) is 39.7 Å². The number of rotatable bonds is 6. The zero-order chi connectivity index (χ0) is 19.9. The van der Waals surface area contributed by atoms with E-state index in [-0.39, 0.29) is 0 Å². The third-order valence-corrected chi connectivity index (χ3v) is 4.69. The summed E-state index contributed by atoms with van der Waals surface area (Å²) in [7, 11) is 5.60. The Balaban J connectivity index is 1.69. The number of guanidine groups is 1.